The van der Waals surface area contributed by atoms with Crippen LogP contribution in [0.5, 0.6) is 0 Å². The molecule has 1 aromatic heterocycles. The van der Waals surface area contributed by atoms with E-state index in [4.69, 9.17) is 5.73 Å². The van der Waals surface area contributed by atoms with Gasteiger partial charge in [-0.05, 0) is 28.1 Å². The van der Waals surface area contributed by atoms with E-state index in [2.05, 4.69) is 30.6 Å². The maximum absolute atomic E-state index is 12.0. The second kappa shape index (κ2) is 4.91. The van der Waals surface area contributed by atoms with E-state index in [9.17, 15) is 8.42 Å². The Morgan fingerprint density at radius 2 is 1.89 bits per heavy atom. The highest BCUT2D eigenvalue weighted by molar-refractivity contribution is 9.10. The van der Waals surface area contributed by atoms with Crippen molar-refractivity contribution in [3.05, 3.63) is 41.3 Å². The van der Waals surface area contributed by atoms with Crippen LogP contribution in [0.1, 0.15) is 0 Å². The van der Waals surface area contributed by atoms with E-state index in [1.165, 1.54) is 24.5 Å². The predicted molar refractivity (Wildman–Crippen MR) is 71.4 cm³/mol. The molecule has 8 heteroatoms. The topological polar surface area (TPSA) is 98.0 Å². The number of anilines is 2. The summed E-state index contributed by atoms with van der Waals surface area (Å²) < 4.78 is 26.9. The van der Waals surface area contributed by atoms with Gasteiger partial charge >= 0.3 is 0 Å². The van der Waals surface area contributed by atoms with E-state index in [0.717, 1.165) is 0 Å². The van der Waals surface area contributed by atoms with E-state index in [1.807, 2.05) is 0 Å². The lowest BCUT2D eigenvalue weighted by Gasteiger charge is -2.08. The number of hydrogen-bond acceptors (Lipinski definition) is 5. The first-order chi connectivity index (χ1) is 8.49. The highest BCUT2D eigenvalue weighted by Gasteiger charge is 2.17. The average Bonchev–Trinajstić information content (AvgIpc) is 2.32. The van der Waals surface area contributed by atoms with Crippen LogP contribution in [0.15, 0.2) is 46.2 Å². The summed E-state index contributed by atoms with van der Waals surface area (Å²) in [6, 6.07) is 6.19. The first kappa shape index (κ1) is 12.8. The summed E-state index contributed by atoms with van der Waals surface area (Å²) in [7, 11) is -3.75. The Labute approximate surface area is 112 Å². The summed E-state index contributed by atoms with van der Waals surface area (Å²) in [5.41, 5.74) is 5.80. The fourth-order valence-corrected chi connectivity index (χ4v) is 2.61. The Morgan fingerprint density at radius 3 is 2.50 bits per heavy atom. The van der Waals surface area contributed by atoms with Crippen LogP contribution in [-0.2, 0) is 10.0 Å². The van der Waals surface area contributed by atoms with E-state index >= 15 is 0 Å². The number of benzene rings is 1. The zero-order chi connectivity index (χ0) is 13.2. The van der Waals surface area contributed by atoms with Crippen LogP contribution in [0.3, 0.4) is 0 Å². The summed E-state index contributed by atoms with van der Waals surface area (Å²) in [5.74, 6) is 0.126. The maximum Gasteiger partial charge on any atom is 0.265 e. The summed E-state index contributed by atoms with van der Waals surface area (Å²) in [4.78, 5) is 7.76. The molecule has 0 fully saturated rings. The van der Waals surface area contributed by atoms with Crippen LogP contribution in [0, 0.1) is 0 Å². The molecule has 0 aliphatic heterocycles. The monoisotopic (exact) mass is 328 g/mol. The summed E-state index contributed by atoms with van der Waals surface area (Å²) >= 11 is 3.11. The molecule has 0 amide bonds. The third-order valence-corrected chi connectivity index (χ3v) is 3.91. The van der Waals surface area contributed by atoms with Crippen LogP contribution in [0.25, 0.3) is 0 Å². The van der Waals surface area contributed by atoms with Crippen molar-refractivity contribution in [2.75, 3.05) is 10.5 Å². The van der Waals surface area contributed by atoms with Gasteiger partial charge in [-0.1, -0.05) is 12.1 Å². The lowest BCUT2D eigenvalue weighted by atomic mass is 10.3. The number of nitrogen functional groups attached to an aromatic ring is 1. The Kier molecular flexibility index (Phi) is 3.48. The lowest BCUT2D eigenvalue weighted by Crippen LogP contribution is -2.15. The summed E-state index contributed by atoms with van der Waals surface area (Å²) in [6.07, 6.45) is 2.70. The zero-order valence-electron chi connectivity index (χ0n) is 9.04. The van der Waals surface area contributed by atoms with Gasteiger partial charge in [0.15, 0.2) is 5.82 Å². The van der Waals surface area contributed by atoms with Gasteiger partial charge in [0, 0.05) is 0 Å². The van der Waals surface area contributed by atoms with E-state index in [0.29, 0.717) is 4.60 Å². The highest BCUT2D eigenvalue weighted by Crippen LogP contribution is 2.20. The molecule has 0 unspecified atom stereocenters. The van der Waals surface area contributed by atoms with Crippen molar-refractivity contribution in [3.8, 4) is 0 Å². The van der Waals surface area contributed by atoms with Gasteiger partial charge in [-0.25, -0.2) is 18.4 Å². The number of halogens is 1. The van der Waals surface area contributed by atoms with Crippen LogP contribution in [-0.4, -0.2) is 18.4 Å². The van der Waals surface area contributed by atoms with Crippen LogP contribution in [0.4, 0.5) is 11.5 Å². The molecule has 0 saturated heterocycles. The third kappa shape index (κ3) is 2.77. The molecule has 1 aromatic carbocycles. The maximum atomic E-state index is 12.0. The molecule has 0 radical (unpaired) electrons. The van der Waals surface area contributed by atoms with Crippen molar-refractivity contribution in [1.29, 1.82) is 0 Å². The second-order valence-electron chi connectivity index (χ2n) is 3.37. The van der Waals surface area contributed by atoms with Crippen LogP contribution >= 0.6 is 15.9 Å². The zero-order valence-corrected chi connectivity index (χ0v) is 11.4. The first-order valence-electron chi connectivity index (χ1n) is 4.84. The molecule has 6 nitrogen and oxygen atoms in total. The van der Waals surface area contributed by atoms with Crippen molar-refractivity contribution in [1.82, 2.24) is 9.97 Å². The molecule has 0 aliphatic rings. The molecule has 0 bridgehead atoms. The third-order valence-electron chi connectivity index (χ3n) is 2.07. The van der Waals surface area contributed by atoms with Crippen molar-refractivity contribution in [2.45, 2.75) is 4.90 Å². The molecule has 0 saturated carbocycles. The first-order valence-corrected chi connectivity index (χ1v) is 7.11. The summed E-state index contributed by atoms with van der Waals surface area (Å²) in [5, 5.41) is 0. The molecule has 3 N–H and O–H groups in total. The smallest absolute Gasteiger partial charge is 0.265 e. The van der Waals surface area contributed by atoms with Gasteiger partial charge in [0.05, 0.1) is 18.1 Å². The lowest BCUT2D eigenvalue weighted by molar-refractivity contribution is 0.601. The number of sulfonamides is 1. The van der Waals surface area contributed by atoms with Crippen molar-refractivity contribution < 1.29 is 8.42 Å². The van der Waals surface area contributed by atoms with E-state index < -0.39 is 10.0 Å². The van der Waals surface area contributed by atoms with E-state index in [-0.39, 0.29) is 16.4 Å². The minimum Gasteiger partial charge on any atom is -0.398 e. The molecule has 94 valence electrons. The van der Waals surface area contributed by atoms with Gasteiger partial charge in [-0.3, -0.25) is 4.72 Å². The van der Waals surface area contributed by atoms with Crippen molar-refractivity contribution in [2.24, 2.45) is 0 Å². The normalized spacial score (nSPS) is 11.2. The SMILES string of the molecule is Nc1ccccc1S(=O)(=O)Nc1cnc(Br)cn1. The molecule has 0 spiro atoms. The Hall–Kier alpha value is -1.67. The number of para-hydroxylation sites is 1. The fourth-order valence-electron chi connectivity index (χ4n) is 1.28. The minimum atomic E-state index is -3.75. The molecule has 2 aromatic rings. The molecular weight excluding hydrogens is 320 g/mol. The largest absolute Gasteiger partial charge is 0.398 e. The van der Waals surface area contributed by atoms with Crippen molar-refractivity contribution in [3.63, 3.8) is 0 Å². The quantitative estimate of drug-likeness (QED) is 0.834. The average molecular weight is 329 g/mol. The number of hydrogen-bond donors (Lipinski definition) is 2. The molecule has 0 atom stereocenters. The van der Waals surface area contributed by atoms with Gasteiger partial charge in [-0.15, -0.1) is 0 Å². The van der Waals surface area contributed by atoms with Crippen LogP contribution < -0.4 is 10.5 Å². The number of nitrogens with one attached hydrogen (secondary N) is 1. The Balaban J connectivity index is 2.33. The van der Waals surface area contributed by atoms with E-state index in [1.54, 1.807) is 12.1 Å². The number of nitrogens with two attached hydrogens (primary N) is 1. The molecule has 2 rings (SSSR count). The van der Waals surface area contributed by atoms with Crippen molar-refractivity contribution >= 4 is 37.5 Å². The van der Waals surface area contributed by atoms with Crippen LogP contribution in [0.2, 0.25) is 0 Å². The standard InChI is InChI=1S/C10H9BrN4O2S/c11-9-5-14-10(6-13-9)15-18(16,17)8-4-2-1-3-7(8)12/h1-6H,12H2,(H,14,15). The Bertz CT molecular complexity index is 658. The second-order valence-corrected chi connectivity index (χ2v) is 5.83. The van der Waals surface area contributed by atoms with Gasteiger partial charge in [-0.2, -0.15) is 0 Å². The van der Waals surface area contributed by atoms with Gasteiger partial charge in [0.2, 0.25) is 0 Å². The molecule has 1 heterocycles. The van der Waals surface area contributed by atoms with Gasteiger partial charge in [0.1, 0.15) is 9.50 Å². The number of aromatic nitrogens is 2. The number of rotatable bonds is 3. The molecular formula is C10H9BrN4O2S. The molecule has 18 heavy (non-hydrogen) atoms. The van der Waals surface area contributed by atoms with Gasteiger partial charge in [0.25, 0.3) is 10.0 Å². The predicted octanol–water partition coefficient (Wildman–Crippen LogP) is 1.62. The molecule has 0 aliphatic carbocycles. The van der Waals surface area contributed by atoms with Gasteiger partial charge < -0.3 is 5.73 Å². The minimum absolute atomic E-state index is 0.00900. The summed E-state index contributed by atoms with van der Waals surface area (Å²) in [6.45, 7) is 0. The fraction of sp³-hybridized carbons (Fsp3) is 0. The number of nitrogens with zero attached hydrogens (tertiary/aromatic N) is 2. The highest BCUT2D eigenvalue weighted by atomic mass is 79.9. The Morgan fingerprint density at radius 1 is 1.17 bits per heavy atom.